The van der Waals surface area contributed by atoms with Gasteiger partial charge in [-0.2, -0.15) is 12.6 Å². The van der Waals surface area contributed by atoms with Crippen LogP contribution in [0.3, 0.4) is 0 Å². The summed E-state index contributed by atoms with van der Waals surface area (Å²) in [6, 6.07) is -4.74. The molecule has 0 aliphatic heterocycles. The van der Waals surface area contributed by atoms with Crippen molar-refractivity contribution in [2.24, 2.45) is 28.1 Å². The number of nitrogens with two attached hydrogens (primary N) is 3. The SMILES string of the molecule is CC(C)C(N)C(=O)NC(C(=O)NC(CS)C(=O)NC(CCCN=C(N)N)C(=O)O)C(C)O. The highest BCUT2D eigenvalue weighted by Crippen LogP contribution is 2.03. The van der Waals surface area contributed by atoms with E-state index in [1.54, 1.807) is 13.8 Å². The Bertz CT molecular complexity index is 685. The molecule has 0 aliphatic rings. The minimum absolute atomic E-state index is 0.0462. The summed E-state index contributed by atoms with van der Waals surface area (Å²) < 4.78 is 0. The normalized spacial score (nSPS) is 15.6. The number of carboxylic acid groups (broad SMARTS) is 1. The van der Waals surface area contributed by atoms with Crippen LogP contribution in [0.2, 0.25) is 0 Å². The number of rotatable bonds is 14. The lowest BCUT2D eigenvalue weighted by Crippen LogP contribution is -2.60. The van der Waals surface area contributed by atoms with Gasteiger partial charge in [-0.3, -0.25) is 19.4 Å². The van der Waals surface area contributed by atoms with Gasteiger partial charge in [-0.05, 0) is 25.7 Å². The second-order valence-corrected chi connectivity index (χ2v) is 7.95. The van der Waals surface area contributed by atoms with Crippen LogP contribution in [0.15, 0.2) is 4.99 Å². The van der Waals surface area contributed by atoms with E-state index in [2.05, 4.69) is 33.6 Å². The molecule has 5 unspecified atom stereocenters. The molecule has 0 heterocycles. The van der Waals surface area contributed by atoms with Crippen LogP contribution in [0.1, 0.15) is 33.6 Å². The molecule has 0 aromatic rings. The molecule has 0 saturated carbocycles. The number of hydrogen-bond donors (Lipinski definition) is 9. The van der Waals surface area contributed by atoms with Crippen molar-refractivity contribution >= 4 is 42.3 Å². The third kappa shape index (κ3) is 10.6. The van der Waals surface area contributed by atoms with Crippen LogP contribution in [0, 0.1) is 5.92 Å². The number of aliphatic hydroxyl groups is 1. The number of guanidine groups is 1. The number of carboxylic acids is 1. The van der Waals surface area contributed by atoms with Crippen LogP contribution in [0.4, 0.5) is 0 Å². The summed E-state index contributed by atoms with van der Waals surface area (Å²) in [7, 11) is 0. The average Bonchev–Trinajstić information content (AvgIpc) is 2.70. The number of nitrogens with zero attached hydrogens (tertiary/aromatic N) is 1. The number of hydrogen-bond acceptors (Lipinski definition) is 8. The maximum absolute atomic E-state index is 12.6. The second kappa shape index (κ2) is 14.5. The first-order valence-electron chi connectivity index (χ1n) is 10.1. The molecule has 3 amide bonds. The maximum Gasteiger partial charge on any atom is 0.326 e. The van der Waals surface area contributed by atoms with Crippen LogP contribution in [0.5, 0.6) is 0 Å². The minimum atomic E-state index is -1.38. The van der Waals surface area contributed by atoms with Crippen LogP contribution in [-0.2, 0) is 19.2 Å². The van der Waals surface area contributed by atoms with Gasteiger partial charge in [0.15, 0.2) is 5.96 Å². The van der Waals surface area contributed by atoms with Crippen LogP contribution in [-0.4, -0.2) is 82.4 Å². The summed E-state index contributed by atoms with van der Waals surface area (Å²) >= 11 is 4.02. The van der Waals surface area contributed by atoms with Crippen LogP contribution < -0.4 is 33.2 Å². The lowest BCUT2D eigenvalue weighted by molar-refractivity contribution is -0.142. The van der Waals surface area contributed by atoms with E-state index in [-0.39, 0.29) is 30.6 Å². The van der Waals surface area contributed by atoms with Gasteiger partial charge in [-0.15, -0.1) is 0 Å². The highest BCUT2D eigenvalue weighted by Gasteiger charge is 2.32. The Labute approximate surface area is 192 Å². The number of aliphatic imine (C=N–C) groups is 1. The predicted octanol–water partition coefficient (Wildman–Crippen LogP) is -3.13. The molecule has 0 fully saturated rings. The number of aliphatic carboxylic acids is 1. The van der Waals surface area contributed by atoms with Gasteiger partial charge < -0.3 is 43.4 Å². The smallest absolute Gasteiger partial charge is 0.326 e. The van der Waals surface area contributed by atoms with E-state index in [1.807, 2.05) is 0 Å². The summed E-state index contributed by atoms with van der Waals surface area (Å²) in [6.45, 7) is 4.92. The van der Waals surface area contributed by atoms with E-state index < -0.39 is 54.0 Å². The summed E-state index contributed by atoms with van der Waals surface area (Å²) in [4.78, 5) is 52.4. The largest absolute Gasteiger partial charge is 0.480 e. The number of carbonyl (C=O) groups is 4. The van der Waals surface area contributed by atoms with Crippen molar-refractivity contribution in [3.63, 3.8) is 0 Å². The second-order valence-electron chi connectivity index (χ2n) is 7.59. The van der Waals surface area contributed by atoms with Crippen molar-refractivity contribution in [3.8, 4) is 0 Å². The molecule has 5 atom stereocenters. The van der Waals surface area contributed by atoms with Gasteiger partial charge in [0.25, 0.3) is 0 Å². The van der Waals surface area contributed by atoms with Gasteiger partial charge in [0, 0.05) is 12.3 Å². The van der Waals surface area contributed by atoms with Crippen molar-refractivity contribution < 1.29 is 29.4 Å². The van der Waals surface area contributed by atoms with E-state index in [0.717, 1.165) is 0 Å². The molecule has 14 heteroatoms. The minimum Gasteiger partial charge on any atom is -0.480 e. The Morgan fingerprint density at radius 2 is 1.53 bits per heavy atom. The fraction of sp³-hybridized carbons (Fsp3) is 0.722. The summed E-state index contributed by atoms with van der Waals surface area (Å²) in [5, 5.41) is 26.3. The number of carbonyl (C=O) groups excluding carboxylic acids is 3. The Kier molecular flexibility index (Phi) is 13.3. The van der Waals surface area contributed by atoms with Gasteiger partial charge in [0.2, 0.25) is 17.7 Å². The first-order chi connectivity index (χ1) is 14.8. The number of amides is 3. The van der Waals surface area contributed by atoms with Crippen molar-refractivity contribution in [2.75, 3.05) is 12.3 Å². The van der Waals surface area contributed by atoms with E-state index >= 15 is 0 Å². The molecule has 13 nitrogen and oxygen atoms in total. The average molecular weight is 478 g/mol. The molecule has 0 spiro atoms. The third-order valence-corrected chi connectivity index (χ3v) is 4.82. The molecule has 0 aliphatic carbocycles. The standard InChI is InChI=1S/C18H35N7O6S/c1-8(2)12(19)15(28)25-13(9(3)26)16(29)24-11(7-32)14(27)23-10(17(30)31)5-4-6-22-18(20)21/h8-13,26,32H,4-7,19H2,1-3H3,(H,23,27)(H,24,29)(H,25,28)(H,30,31)(H4,20,21,22). The zero-order chi connectivity index (χ0) is 25.0. The van der Waals surface area contributed by atoms with E-state index in [4.69, 9.17) is 17.2 Å². The van der Waals surface area contributed by atoms with Gasteiger partial charge in [-0.25, -0.2) is 4.79 Å². The van der Waals surface area contributed by atoms with Crippen LogP contribution >= 0.6 is 12.6 Å². The van der Waals surface area contributed by atoms with Gasteiger partial charge in [0.05, 0.1) is 12.1 Å². The Morgan fingerprint density at radius 1 is 0.969 bits per heavy atom. The highest BCUT2D eigenvalue weighted by atomic mass is 32.1. The lowest BCUT2D eigenvalue weighted by Gasteiger charge is -2.26. The molecule has 32 heavy (non-hydrogen) atoms. The lowest BCUT2D eigenvalue weighted by atomic mass is 10.0. The van der Waals surface area contributed by atoms with Crippen molar-refractivity contribution in [1.29, 1.82) is 0 Å². The molecule has 11 N–H and O–H groups in total. The Balaban J connectivity index is 5.12. The van der Waals surface area contributed by atoms with Crippen molar-refractivity contribution in [2.45, 2.75) is 63.9 Å². The fourth-order valence-electron chi connectivity index (χ4n) is 2.45. The molecule has 0 aromatic heterocycles. The zero-order valence-electron chi connectivity index (χ0n) is 18.4. The molecule has 0 rings (SSSR count). The first kappa shape index (κ1) is 29.4. The summed E-state index contributed by atoms with van der Waals surface area (Å²) in [5.74, 6) is -4.06. The quantitative estimate of drug-likeness (QED) is 0.0531. The third-order valence-electron chi connectivity index (χ3n) is 4.46. The zero-order valence-corrected chi connectivity index (χ0v) is 19.3. The molecule has 0 radical (unpaired) electrons. The number of thiol groups is 1. The van der Waals surface area contributed by atoms with E-state index in [0.29, 0.717) is 6.42 Å². The van der Waals surface area contributed by atoms with Crippen molar-refractivity contribution in [3.05, 3.63) is 0 Å². The fourth-order valence-corrected chi connectivity index (χ4v) is 2.70. The maximum atomic E-state index is 12.6. The van der Waals surface area contributed by atoms with Crippen molar-refractivity contribution in [1.82, 2.24) is 16.0 Å². The van der Waals surface area contributed by atoms with Gasteiger partial charge >= 0.3 is 5.97 Å². The summed E-state index contributed by atoms with van der Waals surface area (Å²) in [5.41, 5.74) is 16.2. The Morgan fingerprint density at radius 3 is 1.97 bits per heavy atom. The van der Waals surface area contributed by atoms with Gasteiger partial charge in [-0.1, -0.05) is 13.8 Å². The highest BCUT2D eigenvalue weighted by molar-refractivity contribution is 7.80. The number of nitrogens with one attached hydrogen (secondary N) is 3. The molecule has 184 valence electrons. The Hall–Kier alpha value is -2.58. The van der Waals surface area contributed by atoms with E-state index in [1.165, 1.54) is 6.92 Å². The molecule has 0 aromatic carbocycles. The predicted molar refractivity (Wildman–Crippen MR) is 122 cm³/mol. The van der Waals surface area contributed by atoms with Crippen LogP contribution in [0.25, 0.3) is 0 Å². The molecule has 0 saturated heterocycles. The molecular formula is C18H35N7O6S. The van der Waals surface area contributed by atoms with Gasteiger partial charge in [0.1, 0.15) is 18.1 Å². The molecule has 0 bridgehead atoms. The monoisotopic (exact) mass is 477 g/mol. The first-order valence-corrected chi connectivity index (χ1v) is 10.7. The van der Waals surface area contributed by atoms with E-state index in [9.17, 15) is 29.4 Å². The number of aliphatic hydroxyl groups excluding tert-OH is 1. The summed E-state index contributed by atoms with van der Waals surface area (Å²) in [6.07, 6.45) is -0.951. The molecular weight excluding hydrogens is 442 g/mol. The topological polar surface area (TPSA) is 235 Å².